The Hall–Kier alpha value is -1.25. The molecule has 0 spiro atoms. The lowest BCUT2D eigenvalue weighted by molar-refractivity contribution is 1.32. The Morgan fingerprint density at radius 3 is 2.27 bits per heavy atom. The second-order valence-corrected chi connectivity index (χ2v) is 3.80. The van der Waals surface area contributed by atoms with E-state index in [1.165, 1.54) is 0 Å². The topological polar surface area (TPSA) is 24.9 Å². The van der Waals surface area contributed by atoms with Crippen molar-refractivity contribution in [2.75, 3.05) is 5.32 Å². The zero-order valence-corrected chi connectivity index (χ0v) is 9.26. The number of nitrogens with zero attached hydrogens (tertiary/aromatic N) is 1. The first-order valence-electron chi connectivity index (χ1n) is 4.38. The van der Waals surface area contributed by atoms with Crippen molar-refractivity contribution in [2.45, 2.75) is 0 Å². The van der Waals surface area contributed by atoms with Gasteiger partial charge in [0.05, 0.1) is 10.0 Å². The maximum Gasteiger partial charge on any atom is 0.0612 e. The lowest BCUT2D eigenvalue weighted by atomic mass is 10.3. The van der Waals surface area contributed by atoms with E-state index in [4.69, 9.17) is 23.2 Å². The van der Waals surface area contributed by atoms with Crippen LogP contribution in [-0.4, -0.2) is 4.98 Å². The lowest BCUT2D eigenvalue weighted by Crippen LogP contribution is -1.89. The number of hydrogen-bond donors (Lipinski definition) is 1. The van der Waals surface area contributed by atoms with Crippen molar-refractivity contribution < 1.29 is 0 Å². The second-order valence-electron chi connectivity index (χ2n) is 2.99. The summed E-state index contributed by atoms with van der Waals surface area (Å²) in [5, 5.41) is 4.28. The van der Waals surface area contributed by atoms with E-state index in [1.807, 2.05) is 18.2 Å². The molecule has 0 amide bonds. The van der Waals surface area contributed by atoms with Crippen LogP contribution >= 0.6 is 23.2 Å². The van der Waals surface area contributed by atoms with Crippen molar-refractivity contribution in [1.29, 1.82) is 0 Å². The molecule has 0 radical (unpaired) electrons. The van der Waals surface area contributed by atoms with E-state index in [9.17, 15) is 0 Å². The number of anilines is 2. The second kappa shape index (κ2) is 4.51. The molecule has 2 rings (SSSR count). The molecule has 76 valence electrons. The van der Waals surface area contributed by atoms with Gasteiger partial charge in [-0.15, -0.1) is 0 Å². The number of aromatic nitrogens is 1. The van der Waals surface area contributed by atoms with Gasteiger partial charge in [-0.25, -0.2) is 0 Å². The van der Waals surface area contributed by atoms with Crippen molar-refractivity contribution in [2.24, 2.45) is 0 Å². The fourth-order valence-electron chi connectivity index (χ4n) is 1.18. The predicted octanol–water partition coefficient (Wildman–Crippen LogP) is 4.13. The molecule has 1 aromatic heterocycles. The molecule has 0 saturated heterocycles. The summed E-state index contributed by atoms with van der Waals surface area (Å²) >= 11 is 11.7. The van der Waals surface area contributed by atoms with E-state index in [-0.39, 0.29) is 0 Å². The molecular formula is C11H8Cl2N2. The molecule has 0 atom stereocenters. The van der Waals surface area contributed by atoms with Crippen LogP contribution < -0.4 is 5.32 Å². The number of benzene rings is 1. The van der Waals surface area contributed by atoms with Crippen LogP contribution in [0.5, 0.6) is 0 Å². The number of pyridine rings is 1. The normalized spacial score (nSPS) is 10.0. The van der Waals surface area contributed by atoms with Gasteiger partial charge < -0.3 is 5.32 Å². The third-order valence-corrected chi connectivity index (χ3v) is 2.63. The van der Waals surface area contributed by atoms with Crippen molar-refractivity contribution >= 4 is 34.6 Å². The van der Waals surface area contributed by atoms with E-state index in [0.717, 1.165) is 11.4 Å². The van der Waals surface area contributed by atoms with Gasteiger partial charge in [0, 0.05) is 23.8 Å². The van der Waals surface area contributed by atoms with E-state index in [0.29, 0.717) is 10.0 Å². The predicted molar refractivity (Wildman–Crippen MR) is 64.0 cm³/mol. The first kappa shape index (κ1) is 10.3. The highest BCUT2D eigenvalue weighted by molar-refractivity contribution is 6.42. The van der Waals surface area contributed by atoms with E-state index < -0.39 is 0 Å². The summed E-state index contributed by atoms with van der Waals surface area (Å²) in [7, 11) is 0. The Labute approximate surface area is 97.9 Å². The van der Waals surface area contributed by atoms with Gasteiger partial charge in [-0.3, -0.25) is 4.98 Å². The van der Waals surface area contributed by atoms with Crippen LogP contribution in [0.3, 0.4) is 0 Å². The van der Waals surface area contributed by atoms with E-state index in [2.05, 4.69) is 10.3 Å². The minimum Gasteiger partial charge on any atom is -0.355 e. The molecule has 15 heavy (non-hydrogen) atoms. The highest BCUT2D eigenvalue weighted by Crippen LogP contribution is 2.26. The van der Waals surface area contributed by atoms with Gasteiger partial charge in [0.2, 0.25) is 0 Å². The summed E-state index contributed by atoms with van der Waals surface area (Å²) in [5.74, 6) is 0. The molecule has 1 aromatic carbocycles. The fraction of sp³-hybridized carbons (Fsp3) is 0. The zero-order valence-electron chi connectivity index (χ0n) is 7.74. The van der Waals surface area contributed by atoms with Crippen LogP contribution in [0.15, 0.2) is 42.7 Å². The standard InChI is InChI=1S/C11H8Cl2N2/c12-10-2-1-9(7-11(10)13)15-8-3-5-14-6-4-8/h1-7H,(H,14,15). The smallest absolute Gasteiger partial charge is 0.0612 e. The third-order valence-electron chi connectivity index (χ3n) is 1.89. The molecule has 2 nitrogen and oxygen atoms in total. The van der Waals surface area contributed by atoms with Gasteiger partial charge in [-0.2, -0.15) is 0 Å². The molecule has 0 saturated carbocycles. The van der Waals surface area contributed by atoms with Crippen LogP contribution in [0.4, 0.5) is 11.4 Å². The molecule has 0 aliphatic carbocycles. The number of halogens is 2. The van der Waals surface area contributed by atoms with Crippen molar-refractivity contribution in [3.8, 4) is 0 Å². The molecule has 4 heteroatoms. The average molecular weight is 239 g/mol. The maximum absolute atomic E-state index is 5.90. The summed E-state index contributed by atoms with van der Waals surface area (Å²) in [6.45, 7) is 0. The van der Waals surface area contributed by atoms with Crippen LogP contribution in [0.25, 0.3) is 0 Å². The summed E-state index contributed by atoms with van der Waals surface area (Å²) < 4.78 is 0. The molecule has 0 bridgehead atoms. The summed E-state index contributed by atoms with van der Waals surface area (Å²) in [6.07, 6.45) is 3.44. The van der Waals surface area contributed by atoms with Gasteiger partial charge in [-0.1, -0.05) is 23.2 Å². The minimum atomic E-state index is 0.538. The van der Waals surface area contributed by atoms with Gasteiger partial charge in [0.1, 0.15) is 0 Å². The van der Waals surface area contributed by atoms with Crippen LogP contribution in [0.1, 0.15) is 0 Å². The Morgan fingerprint density at radius 1 is 0.867 bits per heavy atom. The quantitative estimate of drug-likeness (QED) is 0.852. The molecule has 1 heterocycles. The van der Waals surface area contributed by atoms with Gasteiger partial charge in [-0.05, 0) is 30.3 Å². The Balaban J connectivity index is 2.22. The minimum absolute atomic E-state index is 0.538. The third kappa shape index (κ3) is 2.61. The summed E-state index contributed by atoms with van der Waals surface area (Å²) in [4.78, 5) is 3.93. The van der Waals surface area contributed by atoms with Crippen LogP contribution in [0.2, 0.25) is 10.0 Å². The van der Waals surface area contributed by atoms with Gasteiger partial charge >= 0.3 is 0 Å². The number of rotatable bonds is 2. The van der Waals surface area contributed by atoms with Crippen molar-refractivity contribution in [3.63, 3.8) is 0 Å². The molecular weight excluding hydrogens is 231 g/mol. The zero-order chi connectivity index (χ0) is 10.7. The number of hydrogen-bond acceptors (Lipinski definition) is 2. The fourth-order valence-corrected chi connectivity index (χ4v) is 1.47. The van der Waals surface area contributed by atoms with Crippen molar-refractivity contribution in [1.82, 2.24) is 4.98 Å². The summed E-state index contributed by atoms with van der Waals surface area (Å²) in [5.41, 5.74) is 1.86. The Kier molecular flexibility index (Phi) is 3.09. The molecule has 0 fully saturated rings. The Bertz CT molecular complexity index is 457. The highest BCUT2D eigenvalue weighted by atomic mass is 35.5. The molecule has 0 unspecified atom stereocenters. The van der Waals surface area contributed by atoms with Crippen molar-refractivity contribution in [3.05, 3.63) is 52.8 Å². The largest absolute Gasteiger partial charge is 0.355 e. The van der Waals surface area contributed by atoms with E-state index in [1.54, 1.807) is 24.5 Å². The van der Waals surface area contributed by atoms with Crippen LogP contribution in [0, 0.1) is 0 Å². The molecule has 0 aliphatic rings. The first-order chi connectivity index (χ1) is 7.25. The van der Waals surface area contributed by atoms with E-state index >= 15 is 0 Å². The van der Waals surface area contributed by atoms with Gasteiger partial charge in [0.15, 0.2) is 0 Å². The Morgan fingerprint density at radius 2 is 1.60 bits per heavy atom. The van der Waals surface area contributed by atoms with Crippen LogP contribution in [-0.2, 0) is 0 Å². The molecule has 0 aliphatic heterocycles. The molecule has 2 aromatic rings. The SMILES string of the molecule is Clc1ccc(Nc2ccncc2)cc1Cl. The molecule has 1 N–H and O–H groups in total. The maximum atomic E-state index is 5.90. The average Bonchev–Trinajstić information content (AvgIpc) is 2.25. The van der Waals surface area contributed by atoms with Gasteiger partial charge in [0.25, 0.3) is 0 Å². The lowest BCUT2D eigenvalue weighted by Gasteiger charge is -2.06. The first-order valence-corrected chi connectivity index (χ1v) is 5.13. The monoisotopic (exact) mass is 238 g/mol. The highest BCUT2D eigenvalue weighted by Gasteiger charge is 1.99. The summed E-state index contributed by atoms with van der Waals surface area (Å²) in [6, 6.07) is 9.16. The number of nitrogens with one attached hydrogen (secondary N) is 1.